The Labute approximate surface area is 102 Å². The maximum absolute atomic E-state index is 2.40. The van der Waals surface area contributed by atoms with E-state index in [9.17, 15) is 0 Å². The van der Waals surface area contributed by atoms with Crippen LogP contribution in [0.4, 0.5) is 0 Å². The Morgan fingerprint density at radius 2 is 1.67 bits per heavy atom. The molecule has 1 saturated carbocycles. The summed E-state index contributed by atoms with van der Waals surface area (Å²) in [6.45, 7) is 0. The molecule has 0 aliphatic heterocycles. The molecule has 12 heavy (non-hydrogen) atoms. The van der Waals surface area contributed by atoms with Gasteiger partial charge in [-0.05, 0) is 0 Å². The average molecular weight is 283 g/mol. The average Bonchev–Trinajstić information content (AvgIpc) is 2.34. The quantitative estimate of drug-likeness (QED) is 0.640. The van der Waals surface area contributed by atoms with Crippen LogP contribution in [-0.4, -0.2) is 0 Å². The van der Waals surface area contributed by atoms with Crippen LogP contribution in [0, 0.1) is 11.8 Å². The van der Waals surface area contributed by atoms with E-state index in [0.29, 0.717) is 0 Å². The third kappa shape index (κ3) is 2.47. The van der Waals surface area contributed by atoms with Gasteiger partial charge in [0.05, 0.1) is 0 Å². The zero-order valence-electron chi connectivity index (χ0n) is 6.77. The van der Waals surface area contributed by atoms with Gasteiger partial charge >= 0.3 is 77.3 Å². The van der Waals surface area contributed by atoms with Crippen molar-refractivity contribution < 1.29 is 24.7 Å². The molecule has 0 amide bonds. The Hall–Kier alpha value is 0.943. The van der Waals surface area contributed by atoms with Crippen molar-refractivity contribution in [3.8, 4) is 0 Å². The number of rotatable bonds is 0. The van der Waals surface area contributed by atoms with Crippen molar-refractivity contribution in [2.24, 2.45) is 11.8 Å². The SMILES string of the molecule is Cl.Cl.[Zr][CH]1CCC2C=CC=CC12. The first-order chi connectivity index (χ1) is 4.88. The van der Waals surface area contributed by atoms with Crippen molar-refractivity contribution in [1.29, 1.82) is 0 Å². The molecule has 3 unspecified atom stereocenters. The van der Waals surface area contributed by atoms with Gasteiger partial charge in [-0.1, -0.05) is 0 Å². The molecule has 0 saturated heterocycles. The van der Waals surface area contributed by atoms with Crippen molar-refractivity contribution >= 4 is 24.8 Å². The number of allylic oxidation sites excluding steroid dienone is 4. The van der Waals surface area contributed by atoms with Gasteiger partial charge in [0.1, 0.15) is 0 Å². The third-order valence-electron chi connectivity index (χ3n) is 2.57. The van der Waals surface area contributed by atoms with E-state index in [1.807, 2.05) is 0 Å². The summed E-state index contributed by atoms with van der Waals surface area (Å²) in [5, 5.41) is 0. The molecule has 0 aromatic rings. The molecule has 67 valence electrons. The predicted octanol–water partition coefficient (Wildman–Crippen LogP) is 3.32. The van der Waals surface area contributed by atoms with E-state index in [1.165, 1.54) is 12.8 Å². The summed E-state index contributed by atoms with van der Waals surface area (Å²) in [6, 6.07) is 0. The van der Waals surface area contributed by atoms with Gasteiger partial charge in [-0.25, -0.2) is 0 Å². The molecule has 0 spiro atoms. The summed E-state index contributed by atoms with van der Waals surface area (Å²) < 4.78 is 1.01. The molecule has 0 N–H and O–H groups in total. The zero-order chi connectivity index (χ0) is 6.97. The van der Waals surface area contributed by atoms with Crippen molar-refractivity contribution in [2.75, 3.05) is 0 Å². The number of hydrogen-bond acceptors (Lipinski definition) is 0. The van der Waals surface area contributed by atoms with Gasteiger partial charge in [-0.2, -0.15) is 0 Å². The van der Waals surface area contributed by atoms with Gasteiger partial charge in [-0.3, -0.25) is 0 Å². The molecule has 3 atom stereocenters. The fourth-order valence-corrected chi connectivity index (χ4v) is 3.25. The molecule has 2 rings (SSSR count). The van der Waals surface area contributed by atoms with Gasteiger partial charge < -0.3 is 0 Å². The van der Waals surface area contributed by atoms with E-state index < -0.39 is 0 Å². The van der Waals surface area contributed by atoms with Crippen molar-refractivity contribution in [2.45, 2.75) is 16.5 Å². The molecular formula is C9H13Cl2Zr. The fraction of sp³-hybridized carbons (Fsp3) is 0.556. The minimum atomic E-state index is 0. The van der Waals surface area contributed by atoms with Crippen LogP contribution in [0.25, 0.3) is 0 Å². The zero-order valence-corrected chi connectivity index (χ0v) is 10.9. The van der Waals surface area contributed by atoms with Gasteiger partial charge in [0.25, 0.3) is 0 Å². The van der Waals surface area contributed by atoms with Crippen LogP contribution in [0.2, 0.25) is 3.63 Å². The third-order valence-corrected chi connectivity index (χ3v) is 4.23. The summed E-state index contributed by atoms with van der Waals surface area (Å²) in [7, 11) is 0. The predicted molar refractivity (Wildman–Crippen MR) is 52.7 cm³/mol. The number of halogens is 2. The second-order valence-corrected chi connectivity index (χ2v) is 5.02. The topological polar surface area (TPSA) is 0 Å². The van der Waals surface area contributed by atoms with E-state index >= 15 is 0 Å². The monoisotopic (exact) mass is 281 g/mol. The van der Waals surface area contributed by atoms with Crippen LogP contribution in [0.5, 0.6) is 0 Å². The molecule has 3 heteroatoms. The maximum atomic E-state index is 2.40. The van der Waals surface area contributed by atoms with Crippen molar-refractivity contribution in [3.05, 3.63) is 24.3 Å². The fourth-order valence-electron chi connectivity index (χ4n) is 1.96. The van der Waals surface area contributed by atoms with E-state index in [-0.39, 0.29) is 24.8 Å². The summed E-state index contributed by atoms with van der Waals surface area (Å²) in [5.74, 6) is 1.80. The molecule has 2 aliphatic carbocycles. The van der Waals surface area contributed by atoms with Crippen LogP contribution < -0.4 is 0 Å². The Bertz CT molecular complexity index is 189. The molecule has 0 heterocycles. The molecule has 0 radical (unpaired) electrons. The van der Waals surface area contributed by atoms with Crippen LogP contribution in [0.15, 0.2) is 24.3 Å². The summed E-state index contributed by atoms with van der Waals surface area (Å²) in [5.41, 5.74) is 0. The Morgan fingerprint density at radius 3 is 2.33 bits per heavy atom. The number of fused-ring (bicyclic) bond motifs is 1. The van der Waals surface area contributed by atoms with Crippen LogP contribution in [0.1, 0.15) is 12.8 Å². The number of hydrogen-bond donors (Lipinski definition) is 0. The summed E-state index contributed by atoms with van der Waals surface area (Å²) in [6.07, 6.45) is 12.1. The summed E-state index contributed by atoms with van der Waals surface area (Å²) in [4.78, 5) is 0. The Kier molecular flexibility index (Phi) is 6.07. The normalized spacial score (nSPS) is 36.4. The Morgan fingerprint density at radius 1 is 1.00 bits per heavy atom. The van der Waals surface area contributed by atoms with Crippen LogP contribution in [-0.2, 0) is 24.7 Å². The van der Waals surface area contributed by atoms with Gasteiger partial charge in [0, 0.05) is 0 Å². The van der Waals surface area contributed by atoms with E-state index in [0.717, 1.165) is 15.5 Å². The minimum absolute atomic E-state index is 0. The molecule has 2 aliphatic rings. The molecule has 0 nitrogen and oxygen atoms in total. The molecule has 0 bridgehead atoms. The van der Waals surface area contributed by atoms with Gasteiger partial charge in [0.15, 0.2) is 0 Å². The summed E-state index contributed by atoms with van der Waals surface area (Å²) >= 11 is 1.73. The van der Waals surface area contributed by atoms with Crippen molar-refractivity contribution in [1.82, 2.24) is 0 Å². The molecular weight excluding hydrogens is 270 g/mol. The molecule has 0 aromatic carbocycles. The molecule has 0 aromatic heterocycles. The van der Waals surface area contributed by atoms with E-state index in [4.69, 9.17) is 0 Å². The van der Waals surface area contributed by atoms with E-state index in [2.05, 4.69) is 24.3 Å². The first-order valence-corrected chi connectivity index (χ1v) is 5.36. The first kappa shape index (κ1) is 12.9. The van der Waals surface area contributed by atoms with Crippen molar-refractivity contribution in [3.63, 3.8) is 0 Å². The first-order valence-electron chi connectivity index (χ1n) is 3.94. The van der Waals surface area contributed by atoms with Gasteiger partial charge in [-0.15, -0.1) is 24.8 Å². The van der Waals surface area contributed by atoms with E-state index in [1.54, 1.807) is 24.7 Å². The second-order valence-electron chi connectivity index (χ2n) is 3.19. The van der Waals surface area contributed by atoms with Crippen LogP contribution >= 0.6 is 24.8 Å². The second kappa shape index (κ2) is 5.63. The standard InChI is InChI=1S/C9H11.2ClH.Zr/c1-2-5-9-7-3-6-8(9)4-1;;;/h1-2,4-6,8-9H,3,7H2;2*1H;. The Balaban J connectivity index is 0.000000605. The van der Waals surface area contributed by atoms with Crippen LogP contribution in [0.3, 0.4) is 0 Å². The van der Waals surface area contributed by atoms with Gasteiger partial charge in [0.2, 0.25) is 0 Å². The molecule has 1 fully saturated rings.